The fourth-order valence-electron chi connectivity index (χ4n) is 3.76. The maximum atomic E-state index is 3.78. The Morgan fingerprint density at radius 1 is 1.00 bits per heavy atom. The molecular formula is C20H37N3. The lowest BCUT2D eigenvalue weighted by Gasteiger charge is -2.42. The number of likely N-dealkylation sites (tertiary alicyclic amines) is 2. The van der Waals surface area contributed by atoms with Crippen LogP contribution in [0.2, 0.25) is 0 Å². The molecule has 132 valence electrons. The van der Waals surface area contributed by atoms with Gasteiger partial charge in [-0.2, -0.15) is 0 Å². The van der Waals surface area contributed by atoms with E-state index in [1.54, 1.807) is 0 Å². The normalized spacial score (nSPS) is 23.7. The van der Waals surface area contributed by atoms with E-state index in [4.69, 9.17) is 0 Å². The Kier molecular flexibility index (Phi) is 7.89. The second-order valence-electron chi connectivity index (χ2n) is 7.77. The molecule has 23 heavy (non-hydrogen) atoms. The van der Waals surface area contributed by atoms with Crippen molar-refractivity contribution in [3.63, 3.8) is 0 Å². The van der Waals surface area contributed by atoms with Gasteiger partial charge in [0, 0.05) is 37.1 Å². The van der Waals surface area contributed by atoms with Gasteiger partial charge in [-0.3, -0.25) is 4.90 Å². The van der Waals surface area contributed by atoms with Crippen LogP contribution in [0.15, 0.2) is 0 Å². The third kappa shape index (κ3) is 6.45. The van der Waals surface area contributed by atoms with Crippen LogP contribution in [-0.4, -0.2) is 60.6 Å². The highest BCUT2D eigenvalue weighted by atomic mass is 15.2. The molecule has 0 spiro atoms. The summed E-state index contributed by atoms with van der Waals surface area (Å²) in [5.41, 5.74) is 0. The van der Waals surface area contributed by atoms with Crippen LogP contribution >= 0.6 is 0 Å². The molecule has 0 aromatic carbocycles. The van der Waals surface area contributed by atoms with E-state index in [0.29, 0.717) is 12.0 Å². The summed E-state index contributed by atoms with van der Waals surface area (Å²) < 4.78 is 0. The highest BCUT2D eigenvalue weighted by molar-refractivity contribution is 5.03. The molecule has 2 fully saturated rings. The molecule has 3 nitrogen and oxygen atoms in total. The molecule has 2 saturated heterocycles. The summed E-state index contributed by atoms with van der Waals surface area (Å²) in [7, 11) is 0. The summed E-state index contributed by atoms with van der Waals surface area (Å²) >= 11 is 0. The predicted molar refractivity (Wildman–Crippen MR) is 99.6 cm³/mol. The lowest BCUT2D eigenvalue weighted by molar-refractivity contribution is 0.0868. The summed E-state index contributed by atoms with van der Waals surface area (Å²) in [6.07, 6.45) is 6.53. The molecule has 2 heterocycles. The quantitative estimate of drug-likeness (QED) is 0.786. The maximum Gasteiger partial charge on any atom is 0.0601 e. The van der Waals surface area contributed by atoms with Crippen molar-refractivity contribution < 1.29 is 0 Å². The van der Waals surface area contributed by atoms with Gasteiger partial charge in [0.2, 0.25) is 0 Å². The SMILES string of the molecule is CCC(C)NC1CCN(C2CCN(CC#CC(C)C)CC2)CC1. The highest BCUT2D eigenvalue weighted by Crippen LogP contribution is 2.21. The third-order valence-electron chi connectivity index (χ3n) is 5.43. The number of nitrogens with one attached hydrogen (secondary N) is 1. The Labute approximate surface area is 144 Å². The first-order valence-corrected chi connectivity index (χ1v) is 9.79. The van der Waals surface area contributed by atoms with E-state index >= 15 is 0 Å². The van der Waals surface area contributed by atoms with Gasteiger partial charge >= 0.3 is 0 Å². The fourth-order valence-corrected chi connectivity index (χ4v) is 3.76. The Bertz CT molecular complexity index is 379. The van der Waals surface area contributed by atoms with Crippen LogP contribution < -0.4 is 5.32 Å². The van der Waals surface area contributed by atoms with Gasteiger partial charge in [0.15, 0.2) is 0 Å². The molecule has 0 aromatic heterocycles. The number of nitrogens with zero attached hydrogens (tertiary/aromatic N) is 2. The van der Waals surface area contributed by atoms with E-state index in [2.05, 4.69) is 54.7 Å². The van der Waals surface area contributed by atoms with Crippen LogP contribution in [0.4, 0.5) is 0 Å². The summed E-state index contributed by atoms with van der Waals surface area (Å²) in [5.74, 6) is 7.11. The molecule has 2 aliphatic rings. The standard InChI is InChI=1S/C20H37N3/c1-5-18(4)21-19-8-15-23(16-9-19)20-10-13-22(14-11-20)12-6-7-17(2)3/h17-21H,5,8-16H2,1-4H3. The topological polar surface area (TPSA) is 18.5 Å². The molecule has 0 radical (unpaired) electrons. The largest absolute Gasteiger partial charge is 0.311 e. The molecule has 0 saturated carbocycles. The minimum absolute atomic E-state index is 0.498. The molecule has 3 heteroatoms. The van der Waals surface area contributed by atoms with Gasteiger partial charge in [0.1, 0.15) is 0 Å². The van der Waals surface area contributed by atoms with E-state index in [-0.39, 0.29) is 0 Å². The Morgan fingerprint density at radius 3 is 2.22 bits per heavy atom. The molecule has 0 aromatic rings. The molecular weight excluding hydrogens is 282 g/mol. The third-order valence-corrected chi connectivity index (χ3v) is 5.43. The van der Waals surface area contributed by atoms with Crippen LogP contribution in [0.3, 0.4) is 0 Å². The summed E-state index contributed by atoms with van der Waals surface area (Å²) in [5, 5.41) is 3.78. The molecule has 2 rings (SSSR count). The summed E-state index contributed by atoms with van der Waals surface area (Å²) in [6, 6.07) is 2.23. The number of hydrogen-bond acceptors (Lipinski definition) is 3. The van der Waals surface area contributed by atoms with Crippen LogP contribution in [0.5, 0.6) is 0 Å². The molecule has 0 amide bonds. The maximum absolute atomic E-state index is 3.78. The van der Waals surface area contributed by atoms with E-state index in [9.17, 15) is 0 Å². The van der Waals surface area contributed by atoms with Gasteiger partial charge in [-0.1, -0.05) is 32.6 Å². The Balaban J connectivity index is 1.66. The Hall–Kier alpha value is -0.560. The first kappa shape index (κ1) is 18.8. The van der Waals surface area contributed by atoms with E-state index in [0.717, 1.165) is 18.6 Å². The van der Waals surface area contributed by atoms with Crippen molar-refractivity contribution in [2.45, 2.75) is 77.9 Å². The second kappa shape index (κ2) is 9.67. The molecule has 2 aliphatic heterocycles. The van der Waals surface area contributed by atoms with Crippen LogP contribution in [0.1, 0.15) is 59.8 Å². The smallest absolute Gasteiger partial charge is 0.0601 e. The zero-order valence-corrected chi connectivity index (χ0v) is 15.8. The average Bonchev–Trinajstić information content (AvgIpc) is 2.56. The van der Waals surface area contributed by atoms with E-state index in [1.807, 2.05) is 0 Å². The number of piperidine rings is 2. The van der Waals surface area contributed by atoms with Crippen molar-refractivity contribution in [3.8, 4) is 11.8 Å². The van der Waals surface area contributed by atoms with Gasteiger partial charge in [0.05, 0.1) is 6.54 Å². The lowest BCUT2D eigenvalue weighted by Crippen LogP contribution is -2.51. The number of hydrogen-bond donors (Lipinski definition) is 1. The van der Waals surface area contributed by atoms with Gasteiger partial charge in [0.25, 0.3) is 0 Å². The van der Waals surface area contributed by atoms with Crippen molar-refractivity contribution in [1.29, 1.82) is 0 Å². The lowest BCUT2D eigenvalue weighted by atomic mass is 9.97. The second-order valence-corrected chi connectivity index (χ2v) is 7.77. The summed E-state index contributed by atoms with van der Waals surface area (Å²) in [6.45, 7) is 14.9. The first-order chi connectivity index (χ1) is 11.1. The van der Waals surface area contributed by atoms with Gasteiger partial charge in [-0.25, -0.2) is 0 Å². The Morgan fingerprint density at radius 2 is 1.65 bits per heavy atom. The monoisotopic (exact) mass is 319 g/mol. The molecule has 1 atom stereocenters. The van der Waals surface area contributed by atoms with Crippen molar-refractivity contribution in [1.82, 2.24) is 15.1 Å². The first-order valence-electron chi connectivity index (χ1n) is 9.79. The fraction of sp³-hybridized carbons (Fsp3) is 0.900. The zero-order chi connectivity index (χ0) is 16.7. The van der Waals surface area contributed by atoms with Gasteiger partial charge < -0.3 is 10.2 Å². The van der Waals surface area contributed by atoms with Crippen molar-refractivity contribution in [2.24, 2.45) is 5.92 Å². The number of rotatable bonds is 5. The van der Waals surface area contributed by atoms with Crippen molar-refractivity contribution in [2.75, 3.05) is 32.7 Å². The van der Waals surface area contributed by atoms with Crippen LogP contribution in [-0.2, 0) is 0 Å². The van der Waals surface area contributed by atoms with Crippen molar-refractivity contribution >= 4 is 0 Å². The molecule has 0 aliphatic carbocycles. The molecule has 1 N–H and O–H groups in total. The van der Waals surface area contributed by atoms with E-state index in [1.165, 1.54) is 58.3 Å². The minimum Gasteiger partial charge on any atom is -0.311 e. The minimum atomic E-state index is 0.498. The highest BCUT2D eigenvalue weighted by Gasteiger charge is 2.28. The zero-order valence-electron chi connectivity index (χ0n) is 15.8. The average molecular weight is 320 g/mol. The van der Waals surface area contributed by atoms with E-state index < -0.39 is 0 Å². The summed E-state index contributed by atoms with van der Waals surface area (Å²) in [4.78, 5) is 5.29. The van der Waals surface area contributed by atoms with Crippen molar-refractivity contribution in [3.05, 3.63) is 0 Å². The molecule has 1 unspecified atom stereocenters. The predicted octanol–water partition coefficient (Wildman–Crippen LogP) is 2.96. The van der Waals surface area contributed by atoms with Gasteiger partial charge in [-0.15, -0.1) is 0 Å². The van der Waals surface area contributed by atoms with Crippen LogP contribution in [0, 0.1) is 17.8 Å². The van der Waals surface area contributed by atoms with Crippen LogP contribution in [0.25, 0.3) is 0 Å². The van der Waals surface area contributed by atoms with Gasteiger partial charge in [-0.05, 0) is 52.1 Å². The molecule has 0 bridgehead atoms.